The maximum absolute atomic E-state index is 14.4. The molecule has 0 saturated carbocycles. The van der Waals surface area contributed by atoms with E-state index in [1.807, 2.05) is 25.1 Å². The molecule has 1 atom stereocenters. The Balaban J connectivity index is 1.33. The molecule has 2 aliphatic rings. The number of hydrogen-bond donors (Lipinski definition) is 0. The van der Waals surface area contributed by atoms with Crippen LogP contribution in [0.3, 0.4) is 0 Å². The summed E-state index contributed by atoms with van der Waals surface area (Å²) in [7, 11) is 1.67. The molecule has 1 saturated heterocycles. The van der Waals surface area contributed by atoms with Gasteiger partial charge in [-0.05, 0) is 48.9 Å². The zero-order valence-corrected chi connectivity index (χ0v) is 21.0. The van der Waals surface area contributed by atoms with Crippen LogP contribution in [-0.2, 0) is 4.74 Å². The number of halogens is 1. The van der Waals surface area contributed by atoms with Gasteiger partial charge in [-0.3, -0.25) is 0 Å². The van der Waals surface area contributed by atoms with Crippen molar-refractivity contribution in [1.82, 2.24) is 0 Å². The molecule has 2 aliphatic heterocycles. The summed E-state index contributed by atoms with van der Waals surface area (Å²) in [5, 5.41) is 9.27. The molecular formula is C29H34FN3O3. The third kappa shape index (κ3) is 6.38. The minimum Gasteiger partial charge on any atom is -0.494 e. The Morgan fingerprint density at radius 2 is 1.86 bits per heavy atom. The molecule has 36 heavy (non-hydrogen) atoms. The summed E-state index contributed by atoms with van der Waals surface area (Å²) >= 11 is 0. The molecule has 0 radical (unpaired) electrons. The lowest BCUT2D eigenvalue weighted by molar-refractivity contribution is 0.170. The van der Waals surface area contributed by atoms with Crippen LogP contribution >= 0.6 is 0 Å². The molecule has 2 heterocycles. The smallest absolute Gasteiger partial charge is 0.146 e. The predicted molar refractivity (Wildman–Crippen MR) is 140 cm³/mol. The summed E-state index contributed by atoms with van der Waals surface area (Å²) in [5.41, 5.74) is 2.84. The Morgan fingerprint density at radius 1 is 1.11 bits per heavy atom. The van der Waals surface area contributed by atoms with Crippen LogP contribution in [0.15, 0.2) is 66.3 Å². The second-order valence-corrected chi connectivity index (χ2v) is 9.00. The number of nitrogens with zero attached hydrogens (tertiary/aromatic N) is 3. The molecule has 0 amide bonds. The van der Waals surface area contributed by atoms with Crippen LogP contribution in [0, 0.1) is 17.1 Å². The first-order valence-corrected chi connectivity index (χ1v) is 12.5. The first kappa shape index (κ1) is 25.6. The minimum atomic E-state index is -0.225. The largest absolute Gasteiger partial charge is 0.494 e. The Labute approximate surface area is 213 Å². The third-order valence-corrected chi connectivity index (χ3v) is 6.54. The van der Waals surface area contributed by atoms with Crippen molar-refractivity contribution in [3.8, 4) is 17.6 Å². The standard InChI is InChI=1S/C29H34FN3O3/c1-3-35-27-10-11-28(30)29(20-27)32-16-13-26(14-17-32)36-25-8-6-23(7-9-25)33-21-22(5-4-18-34-2)19-24(33)12-15-31/h4-11,19-20,24,26H,3,12-14,16-18,21H2,1-2H3. The van der Waals surface area contributed by atoms with Gasteiger partial charge in [0, 0.05) is 51.3 Å². The topological polar surface area (TPSA) is 58.0 Å². The van der Waals surface area contributed by atoms with Crippen molar-refractivity contribution in [1.29, 1.82) is 5.26 Å². The molecule has 6 nitrogen and oxygen atoms in total. The highest BCUT2D eigenvalue weighted by atomic mass is 19.1. The van der Waals surface area contributed by atoms with Crippen LogP contribution in [-0.4, -0.2) is 52.1 Å². The first-order chi connectivity index (χ1) is 17.6. The summed E-state index contributed by atoms with van der Waals surface area (Å²) in [4.78, 5) is 4.30. The van der Waals surface area contributed by atoms with E-state index in [0.717, 1.165) is 43.9 Å². The number of piperidine rings is 1. The lowest BCUT2D eigenvalue weighted by Gasteiger charge is -2.34. The maximum atomic E-state index is 14.4. The van der Waals surface area contributed by atoms with Crippen molar-refractivity contribution in [3.05, 3.63) is 72.1 Å². The molecule has 0 N–H and O–H groups in total. The molecular weight excluding hydrogens is 457 g/mol. The maximum Gasteiger partial charge on any atom is 0.146 e. The van der Waals surface area contributed by atoms with Crippen molar-refractivity contribution >= 4 is 11.4 Å². The number of nitriles is 1. The van der Waals surface area contributed by atoms with Gasteiger partial charge in [0.1, 0.15) is 23.4 Å². The number of hydrogen-bond acceptors (Lipinski definition) is 6. The fourth-order valence-corrected chi connectivity index (χ4v) is 4.77. The van der Waals surface area contributed by atoms with Gasteiger partial charge < -0.3 is 24.0 Å². The summed E-state index contributed by atoms with van der Waals surface area (Å²) in [6, 6.07) is 15.4. The van der Waals surface area contributed by atoms with E-state index in [1.54, 1.807) is 19.2 Å². The lowest BCUT2D eigenvalue weighted by atomic mass is 10.1. The van der Waals surface area contributed by atoms with E-state index in [-0.39, 0.29) is 18.0 Å². The Hall–Kier alpha value is -3.50. The SMILES string of the molecule is CCOc1ccc(F)c(N2CCC(Oc3ccc(N4CC(C=CCOC)=CC4CC#N)cc3)CC2)c1. The van der Waals surface area contributed by atoms with Crippen molar-refractivity contribution in [2.45, 2.75) is 38.3 Å². The fraction of sp³-hybridized carbons (Fsp3) is 0.414. The van der Waals surface area contributed by atoms with E-state index < -0.39 is 0 Å². The van der Waals surface area contributed by atoms with Gasteiger partial charge in [-0.15, -0.1) is 0 Å². The van der Waals surface area contributed by atoms with Crippen LogP contribution in [0.2, 0.25) is 0 Å². The molecule has 7 heteroatoms. The van der Waals surface area contributed by atoms with Crippen LogP contribution in [0.4, 0.5) is 15.8 Å². The number of ether oxygens (including phenoxy) is 3. The van der Waals surface area contributed by atoms with Gasteiger partial charge in [0.25, 0.3) is 0 Å². The van der Waals surface area contributed by atoms with E-state index in [0.29, 0.717) is 31.1 Å². The number of methoxy groups -OCH3 is 1. The van der Waals surface area contributed by atoms with Crippen LogP contribution in [0.5, 0.6) is 11.5 Å². The van der Waals surface area contributed by atoms with Crippen molar-refractivity contribution in [2.24, 2.45) is 0 Å². The van der Waals surface area contributed by atoms with Gasteiger partial charge in [-0.25, -0.2) is 4.39 Å². The third-order valence-electron chi connectivity index (χ3n) is 6.54. The fourth-order valence-electron chi connectivity index (χ4n) is 4.77. The van der Waals surface area contributed by atoms with Gasteiger partial charge in [0.05, 0.1) is 37.4 Å². The van der Waals surface area contributed by atoms with Crippen LogP contribution in [0.1, 0.15) is 26.2 Å². The number of anilines is 2. The van der Waals surface area contributed by atoms with Crippen LogP contribution in [0.25, 0.3) is 0 Å². The summed E-state index contributed by atoms with van der Waals surface area (Å²) in [5.74, 6) is 1.29. The normalized spacial score (nSPS) is 18.4. The monoisotopic (exact) mass is 491 g/mol. The van der Waals surface area contributed by atoms with Gasteiger partial charge in [0.15, 0.2) is 0 Å². The van der Waals surface area contributed by atoms with E-state index in [1.165, 1.54) is 11.6 Å². The molecule has 0 aliphatic carbocycles. The van der Waals surface area contributed by atoms with Crippen molar-refractivity contribution in [2.75, 3.05) is 49.8 Å². The molecule has 0 aromatic heterocycles. The zero-order valence-electron chi connectivity index (χ0n) is 21.0. The minimum absolute atomic E-state index is 0.0508. The zero-order chi connectivity index (χ0) is 25.3. The highest BCUT2D eigenvalue weighted by molar-refractivity contribution is 5.56. The second kappa shape index (κ2) is 12.5. The Bertz CT molecular complexity index is 1100. The number of rotatable bonds is 10. The first-order valence-electron chi connectivity index (χ1n) is 12.5. The Kier molecular flexibility index (Phi) is 8.85. The lowest BCUT2D eigenvalue weighted by Crippen LogP contribution is -2.38. The average Bonchev–Trinajstić information content (AvgIpc) is 3.29. The predicted octanol–water partition coefficient (Wildman–Crippen LogP) is 5.50. The molecule has 2 aromatic rings. The molecule has 1 unspecified atom stereocenters. The van der Waals surface area contributed by atoms with Crippen molar-refractivity contribution in [3.63, 3.8) is 0 Å². The highest BCUT2D eigenvalue weighted by Gasteiger charge is 2.25. The molecule has 2 aromatic carbocycles. The van der Waals surface area contributed by atoms with Gasteiger partial charge in [-0.2, -0.15) is 5.26 Å². The average molecular weight is 492 g/mol. The molecule has 0 bridgehead atoms. The van der Waals surface area contributed by atoms with Gasteiger partial charge in [0.2, 0.25) is 0 Å². The summed E-state index contributed by atoms with van der Waals surface area (Å²) < 4.78 is 31.3. The van der Waals surface area contributed by atoms with Crippen LogP contribution < -0.4 is 19.3 Å². The second-order valence-electron chi connectivity index (χ2n) is 9.00. The van der Waals surface area contributed by atoms with E-state index >= 15 is 0 Å². The molecule has 1 fully saturated rings. The molecule has 0 spiro atoms. The molecule has 4 rings (SSSR count). The molecule has 190 valence electrons. The summed E-state index contributed by atoms with van der Waals surface area (Å²) in [6.07, 6.45) is 8.37. The van der Waals surface area contributed by atoms with Crippen molar-refractivity contribution < 1.29 is 18.6 Å². The van der Waals surface area contributed by atoms with Gasteiger partial charge >= 0.3 is 0 Å². The Morgan fingerprint density at radius 3 is 2.56 bits per heavy atom. The van der Waals surface area contributed by atoms with Gasteiger partial charge in [-0.1, -0.05) is 18.2 Å². The van der Waals surface area contributed by atoms with E-state index in [4.69, 9.17) is 14.2 Å². The highest BCUT2D eigenvalue weighted by Crippen LogP contribution is 2.31. The summed E-state index contributed by atoms with van der Waals surface area (Å²) in [6.45, 7) is 5.25. The quantitative estimate of drug-likeness (QED) is 0.437. The number of benzene rings is 2. The van der Waals surface area contributed by atoms with E-state index in [9.17, 15) is 9.65 Å². The van der Waals surface area contributed by atoms with E-state index in [2.05, 4.69) is 40.2 Å².